The van der Waals surface area contributed by atoms with Gasteiger partial charge >= 0.3 is 0 Å². The average molecular weight is 375 g/mol. The molecule has 0 aliphatic carbocycles. The highest BCUT2D eigenvalue weighted by atomic mass is 19.1. The van der Waals surface area contributed by atoms with E-state index in [0.29, 0.717) is 0 Å². The van der Waals surface area contributed by atoms with E-state index in [4.69, 9.17) is 0 Å². The zero-order valence-corrected chi connectivity index (χ0v) is 16.3. The summed E-state index contributed by atoms with van der Waals surface area (Å²) in [4.78, 5) is 2.52. The van der Waals surface area contributed by atoms with E-state index in [2.05, 4.69) is 52.4 Å². The van der Waals surface area contributed by atoms with E-state index in [1.54, 1.807) is 12.1 Å². The molecule has 1 aliphatic heterocycles. The van der Waals surface area contributed by atoms with Gasteiger partial charge in [-0.2, -0.15) is 5.10 Å². The largest absolute Gasteiger partial charge is 0.302 e. The van der Waals surface area contributed by atoms with Crippen molar-refractivity contribution in [2.45, 2.75) is 26.2 Å². The molecule has 1 saturated heterocycles. The lowest BCUT2D eigenvalue weighted by Gasteiger charge is -2.28. The Kier molecular flexibility index (Phi) is 5.68. The first-order chi connectivity index (χ1) is 13.7. The number of hydrogen-bond donors (Lipinski definition) is 1. The van der Waals surface area contributed by atoms with Crippen LogP contribution in [0.3, 0.4) is 0 Å². The first-order valence-electron chi connectivity index (χ1n) is 9.94. The highest BCUT2D eigenvalue weighted by Gasteiger charge is 2.15. The minimum atomic E-state index is -0.215. The molecule has 0 bridgehead atoms. The van der Waals surface area contributed by atoms with Crippen molar-refractivity contribution < 1.29 is 4.39 Å². The lowest BCUT2D eigenvalue weighted by atomic mass is 10.00. The molecule has 4 heteroatoms. The number of hydrogen-bond acceptors (Lipinski definition) is 2. The Morgan fingerprint density at radius 1 is 1.04 bits per heavy atom. The predicted octanol–water partition coefficient (Wildman–Crippen LogP) is 5.25. The maximum absolute atomic E-state index is 13.2. The Bertz CT molecular complexity index is 929. The van der Waals surface area contributed by atoms with Crippen LogP contribution in [0.15, 0.2) is 60.3 Å². The fourth-order valence-electron chi connectivity index (χ4n) is 3.75. The summed E-state index contributed by atoms with van der Waals surface area (Å²) in [6, 6.07) is 15.3. The standard InChI is InChI=1S/C24H26FN3/c1-18-2-4-19(5-3-18)16-20-10-13-28(14-11-20)15-12-22-17-26-27-24(22)21-6-8-23(25)9-7-21/h2-9,16-17H,10-15H2,1H3,(H,26,27). The van der Waals surface area contributed by atoms with Gasteiger partial charge in [0, 0.05) is 25.2 Å². The summed E-state index contributed by atoms with van der Waals surface area (Å²) in [7, 11) is 0. The van der Waals surface area contributed by atoms with Gasteiger partial charge in [-0.3, -0.25) is 5.10 Å². The number of nitrogens with one attached hydrogen (secondary N) is 1. The molecular weight excluding hydrogens is 349 g/mol. The van der Waals surface area contributed by atoms with Crippen molar-refractivity contribution in [3.63, 3.8) is 0 Å². The summed E-state index contributed by atoms with van der Waals surface area (Å²) in [5.41, 5.74) is 7.31. The van der Waals surface area contributed by atoms with Crippen molar-refractivity contribution in [2.24, 2.45) is 0 Å². The molecule has 1 N–H and O–H groups in total. The third kappa shape index (κ3) is 4.57. The first kappa shape index (κ1) is 18.6. The number of H-pyrrole nitrogens is 1. The lowest BCUT2D eigenvalue weighted by Crippen LogP contribution is -2.32. The Morgan fingerprint density at radius 3 is 2.46 bits per heavy atom. The van der Waals surface area contributed by atoms with Gasteiger partial charge in [-0.25, -0.2) is 4.39 Å². The third-order valence-electron chi connectivity index (χ3n) is 5.49. The summed E-state index contributed by atoms with van der Waals surface area (Å²) in [6.45, 7) is 5.34. The molecular formula is C24H26FN3. The van der Waals surface area contributed by atoms with Gasteiger partial charge in [0.15, 0.2) is 0 Å². The number of likely N-dealkylation sites (tertiary alicyclic amines) is 1. The van der Waals surface area contributed by atoms with Crippen molar-refractivity contribution in [1.29, 1.82) is 0 Å². The molecule has 1 aromatic heterocycles. The van der Waals surface area contributed by atoms with Crippen LogP contribution in [0, 0.1) is 12.7 Å². The second kappa shape index (κ2) is 8.53. The molecule has 3 aromatic rings. The van der Waals surface area contributed by atoms with Crippen molar-refractivity contribution in [3.8, 4) is 11.3 Å². The quantitative estimate of drug-likeness (QED) is 0.661. The zero-order valence-electron chi connectivity index (χ0n) is 16.3. The SMILES string of the molecule is Cc1ccc(C=C2CCN(CCc3cn[nH]c3-c3ccc(F)cc3)CC2)cc1. The fourth-order valence-corrected chi connectivity index (χ4v) is 3.75. The molecule has 1 fully saturated rings. The minimum Gasteiger partial charge on any atom is -0.302 e. The van der Waals surface area contributed by atoms with E-state index in [1.807, 2.05) is 6.20 Å². The first-order valence-corrected chi connectivity index (χ1v) is 9.94. The van der Waals surface area contributed by atoms with Gasteiger partial charge in [0.1, 0.15) is 5.82 Å². The van der Waals surface area contributed by atoms with Gasteiger partial charge in [-0.05, 0) is 61.6 Å². The third-order valence-corrected chi connectivity index (χ3v) is 5.49. The second-order valence-electron chi connectivity index (χ2n) is 7.58. The van der Waals surface area contributed by atoms with Crippen LogP contribution in [0.4, 0.5) is 4.39 Å². The van der Waals surface area contributed by atoms with Gasteiger partial charge < -0.3 is 4.90 Å². The van der Waals surface area contributed by atoms with Gasteiger partial charge in [0.05, 0.1) is 11.9 Å². The van der Waals surface area contributed by atoms with Crippen LogP contribution < -0.4 is 0 Å². The van der Waals surface area contributed by atoms with Crippen LogP contribution in [0.5, 0.6) is 0 Å². The van der Waals surface area contributed by atoms with Crippen molar-refractivity contribution >= 4 is 6.08 Å². The van der Waals surface area contributed by atoms with Crippen LogP contribution >= 0.6 is 0 Å². The van der Waals surface area contributed by atoms with Crippen LogP contribution in [0.2, 0.25) is 0 Å². The number of halogens is 1. The number of aromatic nitrogens is 2. The number of piperidine rings is 1. The number of benzene rings is 2. The predicted molar refractivity (Wildman–Crippen MR) is 113 cm³/mol. The fraction of sp³-hybridized carbons (Fsp3) is 0.292. The van der Waals surface area contributed by atoms with Gasteiger partial charge in [0.25, 0.3) is 0 Å². The van der Waals surface area contributed by atoms with Crippen molar-refractivity contribution in [1.82, 2.24) is 15.1 Å². The number of rotatable bonds is 5. The monoisotopic (exact) mass is 375 g/mol. The molecule has 1 aliphatic rings. The average Bonchev–Trinajstić information content (AvgIpc) is 3.18. The van der Waals surface area contributed by atoms with E-state index in [1.165, 1.54) is 34.4 Å². The van der Waals surface area contributed by atoms with Crippen molar-refractivity contribution in [3.05, 3.63) is 82.8 Å². The summed E-state index contributed by atoms with van der Waals surface area (Å²) >= 11 is 0. The van der Waals surface area contributed by atoms with Crippen LogP contribution in [-0.4, -0.2) is 34.7 Å². The van der Waals surface area contributed by atoms with E-state index in [9.17, 15) is 4.39 Å². The molecule has 0 amide bonds. The van der Waals surface area contributed by atoms with Gasteiger partial charge in [0.2, 0.25) is 0 Å². The van der Waals surface area contributed by atoms with Crippen molar-refractivity contribution in [2.75, 3.05) is 19.6 Å². The van der Waals surface area contributed by atoms with Crippen LogP contribution in [0.25, 0.3) is 17.3 Å². The summed E-state index contributed by atoms with van der Waals surface area (Å²) < 4.78 is 13.2. The van der Waals surface area contributed by atoms with E-state index in [0.717, 1.165) is 50.2 Å². The highest BCUT2D eigenvalue weighted by molar-refractivity contribution is 5.62. The normalized spacial score (nSPS) is 15.0. The summed E-state index contributed by atoms with van der Waals surface area (Å²) in [5, 5.41) is 7.27. The van der Waals surface area contributed by atoms with E-state index < -0.39 is 0 Å². The summed E-state index contributed by atoms with van der Waals surface area (Å²) in [6.07, 6.45) is 7.44. The maximum Gasteiger partial charge on any atom is 0.123 e. The Morgan fingerprint density at radius 2 is 1.75 bits per heavy atom. The van der Waals surface area contributed by atoms with Gasteiger partial charge in [-0.15, -0.1) is 0 Å². The van der Waals surface area contributed by atoms with Gasteiger partial charge in [-0.1, -0.05) is 41.5 Å². The van der Waals surface area contributed by atoms with Crippen LogP contribution in [-0.2, 0) is 6.42 Å². The Balaban J connectivity index is 1.32. The lowest BCUT2D eigenvalue weighted by molar-refractivity contribution is 0.260. The zero-order chi connectivity index (χ0) is 19.3. The minimum absolute atomic E-state index is 0.215. The molecule has 3 nitrogen and oxygen atoms in total. The Labute approximate surface area is 165 Å². The molecule has 144 valence electrons. The molecule has 2 aromatic carbocycles. The topological polar surface area (TPSA) is 31.9 Å². The second-order valence-corrected chi connectivity index (χ2v) is 7.58. The molecule has 0 saturated carbocycles. The maximum atomic E-state index is 13.2. The number of nitrogens with zero attached hydrogens (tertiary/aromatic N) is 2. The molecule has 0 radical (unpaired) electrons. The molecule has 28 heavy (non-hydrogen) atoms. The molecule has 4 rings (SSSR count). The van der Waals surface area contributed by atoms with Crippen LogP contribution in [0.1, 0.15) is 29.5 Å². The van der Waals surface area contributed by atoms with E-state index >= 15 is 0 Å². The summed E-state index contributed by atoms with van der Waals surface area (Å²) in [5.74, 6) is -0.215. The molecule has 0 unspecified atom stereocenters. The molecule has 0 atom stereocenters. The highest BCUT2D eigenvalue weighted by Crippen LogP contribution is 2.23. The number of aromatic amines is 1. The number of aryl methyl sites for hydroxylation is 1. The Hall–Kier alpha value is -2.72. The smallest absolute Gasteiger partial charge is 0.123 e. The molecule has 2 heterocycles. The molecule has 0 spiro atoms. The van der Waals surface area contributed by atoms with E-state index in [-0.39, 0.29) is 5.82 Å².